The maximum atomic E-state index is 11.4. The molecule has 4 nitrogen and oxygen atoms in total. The Morgan fingerprint density at radius 1 is 0.882 bits per heavy atom. The molecular formula is C12H10NO3S. The molecule has 0 spiro atoms. The van der Waals surface area contributed by atoms with Crippen molar-refractivity contribution in [2.24, 2.45) is 5.14 Å². The molecule has 0 saturated heterocycles. The molecule has 0 bridgehead atoms. The van der Waals surface area contributed by atoms with Gasteiger partial charge >= 0.3 is 0 Å². The summed E-state index contributed by atoms with van der Waals surface area (Å²) in [4.78, 5) is -0.376. The number of hydrogen-bond donors (Lipinski definition) is 1. The van der Waals surface area contributed by atoms with Gasteiger partial charge in [0.15, 0.2) is 5.75 Å². The fourth-order valence-corrected chi connectivity index (χ4v) is 2.18. The molecule has 2 N–H and O–H groups in total. The number of hydrogen-bond acceptors (Lipinski definition) is 2. The average Bonchev–Trinajstić information content (AvgIpc) is 2.29. The van der Waals surface area contributed by atoms with Crippen molar-refractivity contribution in [2.75, 3.05) is 0 Å². The number of sulfonamides is 1. The summed E-state index contributed by atoms with van der Waals surface area (Å²) in [5.74, 6) is -0.591. The Kier molecular flexibility index (Phi) is 2.87. The molecule has 5 heteroatoms. The third-order valence-electron chi connectivity index (χ3n) is 2.36. The molecule has 0 aliphatic rings. The van der Waals surface area contributed by atoms with Crippen LogP contribution in [-0.2, 0) is 15.1 Å². The van der Waals surface area contributed by atoms with Crippen LogP contribution in [0.4, 0.5) is 0 Å². The predicted molar refractivity (Wildman–Crippen MR) is 63.4 cm³/mol. The largest absolute Gasteiger partial charge is 0.288 e. The Morgan fingerprint density at radius 3 is 2.12 bits per heavy atom. The smallest absolute Gasteiger partial charge is 0.241 e. The fraction of sp³-hybridized carbons (Fsp3) is 0. The second kappa shape index (κ2) is 4.20. The van der Waals surface area contributed by atoms with Crippen LogP contribution in [0.3, 0.4) is 0 Å². The predicted octanol–water partition coefficient (Wildman–Crippen LogP) is 2.14. The van der Waals surface area contributed by atoms with Gasteiger partial charge in [0.25, 0.3) is 0 Å². The van der Waals surface area contributed by atoms with Crippen molar-refractivity contribution in [3.05, 3.63) is 48.5 Å². The third kappa shape index (κ3) is 2.46. The maximum Gasteiger partial charge on any atom is 0.241 e. The van der Waals surface area contributed by atoms with Gasteiger partial charge in [-0.25, -0.2) is 13.6 Å². The first-order valence-electron chi connectivity index (χ1n) is 4.88. The van der Waals surface area contributed by atoms with Gasteiger partial charge in [0.1, 0.15) is 4.90 Å². The van der Waals surface area contributed by atoms with Crippen LogP contribution in [0.5, 0.6) is 5.75 Å². The maximum absolute atomic E-state index is 11.4. The van der Waals surface area contributed by atoms with Crippen LogP contribution in [0.25, 0.3) is 11.1 Å². The average molecular weight is 248 g/mol. The van der Waals surface area contributed by atoms with E-state index in [0.717, 1.165) is 5.56 Å². The highest BCUT2D eigenvalue weighted by Crippen LogP contribution is 2.28. The molecular weight excluding hydrogens is 238 g/mol. The number of nitrogens with two attached hydrogens (primary N) is 1. The summed E-state index contributed by atoms with van der Waals surface area (Å²) in [6.45, 7) is 0. The van der Waals surface area contributed by atoms with Crippen LogP contribution < -0.4 is 5.14 Å². The van der Waals surface area contributed by atoms with Gasteiger partial charge < -0.3 is 0 Å². The molecule has 87 valence electrons. The highest BCUT2D eigenvalue weighted by atomic mass is 32.2. The Hall–Kier alpha value is -1.85. The lowest BCUT2D eigenvalue weighted by Gasteiger charge is -2.04. The summed E-state index contributed by atoms with van der Waals surface area (Å²) in [5, 5.41) is 16.4. The van der Waals surface area contributed by atoms with Crippen LogP contribution in [0.1, 0.15) is 0 Å². The second-order valence-corrected chi connectivity index (χ2v) is 5.10. The Labute approximate surface area is 99.4 Å². The lowest BCUT2D eigenvalue weighted by molar-refractivity contribution is 0.343. The summed E-state index contributed by atoms with van der Waals surface area (Å²) in [6, 6.07) is 13.3. The van der Waals surface area contributed by atoms with Crippen molar-refractivity contribution < 1.29 is 13.5 Å². The van der Waals surface area contributed by atoms with Crippen LogP contribution in [0.15, 0.2) is 53.4 Å². The minimum Gasteiger partial charge on any atom is -0.288 e. The van der Waals surface area contributed by atoms with Gasteiger partial charge in [-0.3, -0.25) is 5.11 Å². The van der Waals surface area contributed by atoms with Crippen molar-refractivity contribution in [2.45, 2.75) is 4.90 Å². The minimum atomic E-state index is -3.98. The molecule has 0 aliphatic carbocycles. The van der Waals surface area contributed by atoms with Crippen LogP contribution >= 0.6 is 0 Å². The van der Waals surface area contributed by atoms with Gasteiger partial charge in [-0.2, -0.15) is 0 Å². The van der Waals surface area contributed by atoms with E-state index in [1.165, 1.54) is 12.1 Å². The van der Waals surface area contributed by atoms with Gasteiger partial charge in [0.2, 0.25) is 10.0 Å². The van der Waals surface area contributed by atoms with E-state index in [0.29, 0.717) is 5.56 Å². The monoisotopic (exact) mass is 248 g/mol. The van der Waals surface area contributed by atoms with E-state index in [1.807, 2.05) is 30.3 Å². The third-order valence-corrected chi connectivity index (χ3v) is 3.29. The van der Waals surface area contributed by atoms with E-state index in [4.69, 9.17) is 5.14 Å². The normalized spacial score (nSPS) is 11.4. The lowest BCUT2D eigenvalue weighted by Crippen LogP contribution is -2.12. The molecule has 0 heterocycles. The Bertz CT molecular complexity index is 636. The summed E-state index contributed by atoms with van der Waals surface area (Å²) < 4.78 is 22.4. The van der Waals surface area contributed by atoms with Crippen molar-refractivity contribution in [1.82, 2.24) is 0 Å². The molecule has 0 fully saturated rings. The molecule has 17 heavy (non-hydrogen) atoms. The summed E-state index contributed by atoms with van der Waals surface area (Å²) in [5.41, 5.74) is 1.48. The lowest BCUT2D eigenvalue weighted by atomic mass is 10.1. The van der Waals surface area contributed by atoms with E-state index in [-0.39, 0.29) is 4.90 Å². The standard InChI is InChI=1S/C12H10NO3S/c13-17(15,16)12-8-10(6-7-11(12)14)9-4-2-1-3-5-9/h1-8H,(H2,13,15,16). The van der Waals surface area contributed by atoms with Gasteiger partial charge in [-0.1, -0.05) is 36.4 Å². The zero-order chi connectivity index (χ0) is 12.5. The van der Waals surface area contributed by atoms with Gasteiger partial charge in [-0.15, -0.1) is 0 Å². The molecule has 0 aromatic heterocycles. The topological polar surface area (TPSA) is 80.1 Å². The van der Waals surface area contributed by atoms with Crippen LogP contribution in [-0.4, -0.2) is 8.42 Å². The zero-order valence-electron chi connectivity index (χ0n) is 8.83. The van der Waals surface area contributed by atoms with Crippen molar-refractivity contribution in [1.29, 1.82) is 0 Å². The van der Waals surface area contributed by atoms with Gasteiger partial charge in [0, 0.05) is 0 Å². The van der Waals surface area contributed by atoms with Crippen molar-refractivity contribution in [3.63, 3.8) is 0 Å². The molecule has 2 rings (SSSR count). The van der Waals surface area contributed by atoms with Crippen LogP contribution in [0, 0.1) is 0 Å². The number of benzene rings is 2. The first-order chi connectivity index (χ1) is 7.98. The first kappa shape index (κ1) is 11.6. The molecule has 0 unspecified atom stereocenters. The summed E-state index contributed by atoms with van der Waals surface area (Å²) in [6.07, 6.45) is 0. The molecule has 0 aliphatic heterocycles. The summed E-state index contributed by atoms with van der Waals surface area (Å²) in [7, 11) is -3.98. The molecule has 0 atom stereocenters. The number of primary sulfonamides is 1. The van der Waals surface area contributed by atoms with Crippen LogP contribution in [0.2, 0.25) is 0 Å². The van der Waals surface area contributed by atoms with E-state index in [2.05, 4.69) is 0 Å². The van der Waals surface area contributed by atoms with E-state index >= 15 is 0 Å². The highest BCUT2D eigenvalue weighted by Gasteiger charge is 2.16. The van der Waals surface area contributed by atoms with E-state index in [1.54, 1.807) is 6.07 Å². The Morgan fingerprint density at radius 2 is 1.53 bits per heavy atom. The van der Waals surface area contributed by atoms with Gasteiger partial charge in [0.05, 0.1) is 0 Å². The molecule has 0 saturated carbocycles. The first-order valence-corrected chi connectivity index (χ1v) is 6.42. The van der Waals surface area contributed by atoms with Gasteiger partial charge in [-0.05, 0) is 23.3 Å². The van der Waals surface area contributed by atoms with Crippen molar-refractivity contribution in [3.8, 4) is 16.9 Å². The van der Waals surface area contributed by atoms with E-state index in [9.17, 15) is 13.5 Å². The van der Waals surface area contributed by atoms with Crippen molar-refractivity contribution >= 4 is 10.0 Å². The molecule has 0 amide bonds. The highest BCUT2D eigenvalue weighted by molar-refractivity contribution is 7.89. The number of rotatable bonds is 2. The quantitative estimate of drug-likeness (QED) is 0.883. The Balaban J connectivity index is 2.61. The molecule has 2 aromatic carbocycles. The summed E-state index contributed by atoms with van der Waals surface area (Å²) >= 11 is 0. The molecule has 1 radical (unpaired) electrons. The SMILES string of the molecule is NS(=O)(=O)c1cc(-c2ccccc2)ccc1[O]. The second-order valence-electron chi connectivity index (χ2n) is 3.57. The minimum absolute atomic E-state index is 0.376. The molecule has 2 aromatic rings. The van der Waals surface area contributed by atoms with E-state index < -0.39 is 15.8 Å². The zero-order valence-corrected chi connectivity index (χ0v) is 9.65. The fourth-order valence-electron chi connectivity index (χ4n) is 1.54.